The van der Waals surface area contributed by atoms with E-state index in [1.807, 2.05) is 31.2 Å². The van der Waals surface area contributed by atoms with Crippen LogP contribution in [-0.4, -0.2) is 21.2 Å². The number of aliphatic hydroxyl groups excluding tert-OH is 1. The van der Waals surface area contributed by atoms with Crippen molar-refractivity contribution < 1.29 is 9.32 Å². The molecule has 0 bridgehead atoms. The van der Waals surface area contributed by atoms with Crippen LogP contribution in [0.2, 0.25) is 0 Å². The van der Waals surface area contributed by atoms with Gasteiger partial charge in [0, 0.05) is 4.90 Å². The fourth-order valence-corrected chi connectivity index (χ4v) is 4.16. The van der Waals surface area contributed by atoms with Gasteiger partial charge >= 0.3 is 0 Å². The Bertz CT molecular complexity index is 455. The first-order chi connectivity index (χ1) is 10.1. The molecule has 1 aromatic rings. The van der Waals surface area contributed by atoms with E-state index in [1.165, 1.54) is 37.7 Å². The van der Waals surface area contributed by atoms with Gasteiger partial charge in [-0.3, -0.25) is 4.21 Å². The van der Waals surface area contributed by atoms with Crippen LogP contribution in [0, 0.1) is 18.8 Å². The summed E-state index contributed by atoms with van der Waals surface area (Å²) < 4.78 is 12.3. The molecule has 2 rings (SSSR count). The zero-order valence-corrected chi connectivity index (χ0v) is 14.1. The molecular weight excluding hydrogens is 280 g/mol. The summed E-state index contributed by atoms with van der Waals surface area (Å²) in [5, 5.41) is 10.3. The van der Waals surface area contributed by atoms with E-state index in [1.54, 1.807) is 0 Å². The van der Waals surface area contributed by atoms with Crippen molar-refractivity contribution in [1.82, 2.24) is 0 Å². The van der Waals surface area contributed by atoms with E-state index in [0.717, 1.165) is 11.3 Å². The molecule has 0 heterocycles. The van der Waals surface area contributed by atoms with Crippen LogP contribution in [0.4, 0.5) is 0 Å². The lowest BCUT2D eigenvalue weighted by Gasteiger charge is -2.10. The lowest BCUT2D eigenvalue weighted by Crippen LogP contribution is -2.20. The zero-order valence-electron chi connectivity index (χ0n) is 13.3. The molecular formula is C18H28O2S. The summed E-state index contributed by atoms with van der Waals surface area (Å²) >= 11 is 0. The molecule has 1 N–H and O–H groups in total. The van der Waals surface area contributed by atoms with Gasteiger partial charge in [0.1, 0.15) is 0 Å². The monoisotopic (exact) mass is 308 g/mol. The SMILES string of the molecule is CCCCCC[C@@H]1C[C@@H]1[C@H](O)C[S@](=O)c1ccc(C)cc1. The zero-order chi connectivity index (χ0) is 15.2. The largest absolute Gasteiger partial charge is 0.392 e. The Balaban J connectivity index is 1.71. The van der Waals surface area contributed by atoms with E-state index in [9.17, 15) is 9.32 Å². The predicted molar refractivity (Wildman–Crippen MR) is 88.8 cm³/mol. The highest BCUT2D eigenvalue weighted by atomic mass is 32.2. The Morgan fingerprint density at radius 1 is 1.24 bits per heavy atom. The molecule has 0 saturated heterocycles. The summed E-state index contributed by atoms with van der Waals surface area (Å²) in [6.45, 7) is 4.25. The van der Waals surface area contributed by atoms with Crippen molar-refractivity contribution in [2.45, 2.75) is 63.4 Å². The molecule has 0 spiro atoms. The maximum absolute atomic E-state index is 12.3. The minimum Gasteiger partial charge on any atom is -0.392 e. The highest BCUT2D eigenvalue weighted by molar-refractivity contribution is 7.85. The molecule has 2 nitrogen and oxygen atoms in total. The summed E-state index contributed by atoms with van der Waals surface area (Å²) in [5.41, 5.74) is 1.17. The van der Waals surface area contributed by atoms with Crippen molar-refractivity contribution in [2.24, 2.45) is 11.8 Å². The van der Waals surface area contributed by atoms with Gasteiger partial charge in [-0.2, -0.15) is 0 Å². The fourth-order valence-electron chi connectivity index (χ4n) is 2.97. The average molecular weight is 308 g/mol. The summed E-state index contributed by atoms with van der Waals surface area (Å²) in [6, 6.07) is 7.78. The Morgan fingerprint density at radius 3 is 2.62 bits per heavy atom. The smallest absolute Gasteiger partial charge is 0.0689 e. The lowest BCUT2D eigenvalue weighted by atomic mass is 10.1. The molecule has 1 aromatic carbocycles. The molecule has 0 amide bonds. The molecule has 4 atom stereocenters. The van der Waals surface area contributed by atoms with Crippen LogP contribution in [0.15, 0.2) is 29.2 Å². The first-order valence-electron chi connectivity index (χ1n) is 8.25. The lowest BCUT2D eigenvalue weighted by molar-refractivity contribution is 0.167. The van der Waals surface area contributed by atoms with Gasteiger partial charge in [0.15, 0.2) is 0 Å². The van der Waals surface area contributed by atoms with Crippen LogP contribution in [0.25, 0.3) is 0 Å². The minimum absolute atomic E-state index is 0.388. The van der Waals surface area contributed by atoms with Gasteiger partial charge in [0.25, 0.3) is 0 Å². The maximum atomic E-state index is 12.3. The van der Waals surface area contributed by atoms with Gasteiger partial charge in [-0.25, -0.2) is 0 Å². The van der Waals surface area contributed by atoms with Crippen molar-refractivity contribution in [3.05, 3.63) is 29.8 Å². The highest BCUT2D eigenvalue weighted by Crippen LogP contribution is 2.45. The molecule has 1 fully saturated rings. The van der Waals surface area contributed by atoms with Gasteiger partial charge in [0.05, 0.1) is 22.7 Å². The summed E-state index contributed by atoms with van der Waals surface area (Å²) in [5.74, 6) is 1.45. The third-order valence-corrected chi connectivity index (χ3v) is 5.95. The predicted octanol–water partition coefficient (Wildman–Crippen LogP) is 4.07. The Hall–Kier alpha value is -0.670. The van der Waals surface area contributed by atoms with Crippen LogP contribution in [0.1, 0.15) is 51.0 Å². The maximum Gasteiger partial charge on any atom is 0.0689 e. The molecule has 1 saturated carbocycles. The normalized spacial score (nSPS) is 23.8. The second kappa shape index (κ2) is 8.09. The first kappa shape index (κ1) is 16.7. The number of rotatable bonds is 9. The number of aliphatic hydroxyl groups is 1. The van der Waals surface area contributed by atoms with Crippen LogP contribution < -0.4 is 0 Å². The van der Waals surface area contributed by atoms with Crippen molar-refractivity contribution in [3.8, 4) is 0 Å². The topological polar surface area (TPSA) is 37.3 Å². The van der Waals surface area contributed by atoms with Gasteiger partial charge in [0.2, 0.25) is 0 Å². The van der Waals surface area contributed by atoms with E-state index >= 15 is 0 Å². The van der Waals surface area contributed by atoms with Crippen LogP contribution in [0.5, 0.6) is 0 Å². The second-order valence-corrected chi connectivity index (χ2v) is 7.90. The van der Waals surface area contributed by atoms with Crippen LogP contribution in [-0.2, 0) is 10.8 Å². The molecule has 21 heavy (non-hydrogen) atoms. The summed E-state index contributed by atoms with van der Waals surface area (Å²) in [6.07, 6.45) is 7.14. The van der Waals surface area contributed by atoms with Gasteiger partial charge < -0.3 is 5.11 Å². The molecule has 1 aliphatic rings. The second-order valence-electron chi connectivity index (χ2n) is 6.40. The van der Waals surface area contributed by atoms with Crippen molar-refractivity contribution in [3.63, 3.8) is 0 Å². The fraction of sp³-hybridized carbons (Fsp3) is 0.667. The van der Waals surface area contributed by atoms with E-state index in [2.05, 4.69) is 6.92 Å². The summed E-state index contributed by atoms with van der Waals surface area (Å²) in [4.78, 5) is 0.833. The van der Waals surface area contributed by atoms with Crippen LogP contribution >= 0.6 is 0 Å². The van der Waals surface area contributed by atoms with Gasteiger partial charge in [-0.05, 0) is 37.3 Å². The van der Waals surface area contributed by atoms with E-state index in [-0.39, 0.29) is 0 Å². The van der Waals surface area contributed by atoms with Crippen molar-refractivity contribution in [1.29, 1.82) is 0 Å². The molecule has 118 valence electrons. The highest BCUT2D eigenvalue weighted by Gasteiger charge is 2.41. The van der Waals surface area contributed by atoms with E-state index < -0.39 is 16.9 Å². The number of aryl methyl sites for hydroxylation is 1. The van der Waals surface area contributed by atoms with Gasteiger partial charge in [-0.15, -0.1) is 0 Å². The molecule has 0 radical (unpaired) electrons. The molecule has 1 aliphatic carbocycles. The number of hydrogen-bond donors (Lipinski definition) is 1. The van der Waals surface area contributed by atoms with Crippen molar-refractivity contribution >= 4 is 10.8 Å². The minimum atomic E-state index is -1.08. The van der Waals surface area contributed by atoms with Crippen molar-refractivity contribution in [2.75, 3.05) is 5.75 Å². The van der Waals surface area contributed by atoms with Crippen LogP contribution in [0.3, 0.4) is 0 Å². The first-order valence-corrected chi connectivity index (χ1v) is 9.56. The number of hydrogen-bond acceptors (Lipinski definition) is 2. The number of benzene rings is 1. The van der Waals surface area contributed by atoms with E-state index in [0.29, 0.717) is 17.6 Å². The van der Waals surface area contributed by atoms with Gasteiger partial charge in [-0.1, -0.05) is 56.7 Å². The third kappa shape index (κ3) is 5.23. The van der Waals surface area contributed by atoms with E-state index in [4.69, 9.17) is 0 Å². The Labute approximate surface area is 131 Å². The molecule has 0 unspecified atom stereocenters. The standard InChI is InChI=1S/C18H28O2S/c1-3-4-5-6-7-15-12-17(15)18(19)13-21(20)16-10-8-14(2)9-11-16/h8-11,15,17-19H,3-7,12-13H2,1-2H3/t15-,17+,18-,21+/m1/s1. The quantitative estimate of drug-likeness (QED) is 0.698. The average Bonchev–Trinajstić information content (AvgIpc) is 3.24. The third-order valence-electron chi connectivity index (χ3n) is 4.51. The number of unbranched alkanes of at least 4 members (excludes halogenated alkanes) is 3. The Morgan fingerprint density at radius 2 is 1.95 bits per heavy atom. The summed E-state index contributed by atoms with van der Waals surface area (Å²) in [7, 11) is -1.08. The molecule has 0 aromatic heterocycles. The molecule has 3 heteroatoms. The Kier molecular flexibility index (Phi) is 6.43. The molecule has 0 aliphatic heterocycles.